The van der Waals surface area contributed by atoms with Gasteiger partial charge in [0.2, 0.25) is 11.8 Å². The van der Waals surface area contributed by atoms with Gasteiger partial charge in [-0.05, 0) is 44.4 Å². The summed E-state index contributed by atoms with van der Waals surface area (Å²) in [6, 6.07) is 5.41. The summed E-state index contributed by atoms with van der Waals surface area (Å²) >= 11 is 0. The molecular weight excluding hydrogens is 420 g/mol. The number of oxazole rings is 1. The summed E-state index contributed by atoms with van der Waals surface area (Å²) in [4.78, 5) is 28.4. The molecule has 1 saturated heterocycles. The van der Waals surface area contributed by atoms with E-state index in [-0.39, 0.29) is 12.3 Å². The van der Waals surface area contributed by atoms with Crippen LogP contribution in [0.3, 0.4) is 0 Å². The Hall–Kier alpha value is -3.95. The van der Waals surface area contributed by atoms with Gasteiger partial charge in [-0.15, -0.1) is 0 Å². The van der Waals surface area contributed by atoms with Gasteiger partial charge in [0.1, 0.15) is 12.1 Å². The zero-order valence-corrected chi connectivity index (χ0v) is 18.7. The molecule has 1 fully saturated rings. The van der Waals surface area contributed by atoms with Gasteiger partial charge in [0.05, 0.1) is 17.8 Å². The average Bonchev–Trinajstić information content (AvgIpc) is 3.38. The second-order valence-corrected chi connectivity index (χ2v) is 8.33. The van der Waals surface area contributed by atoms with Crippen LogP contribution >= 0.6 is 0 Å². The molecule has 4 aromatic rings. The van der Waals surface area contributed by atoms with Crippen LogP contribution in [0.25, 0.3) is 22.5 Å². The lowest BCUT2D eigenvalue weighted by molar-refractivity contribution is -0.115. The largest absolute Gasteiger partial charge is 0.444 e. The number of piperidine rings is 1. The normalized spacial score (nSPS) is 14.1. The number of nitrogens with zero attached hydrogens (tertiary/aromatic N) is 6. The highest BCUT2D eigenvalue weighted by molar-refractivity contribution is 5.98. The van der Waals surface area contributed by atoms with Gasteiger partial charge in [-0.25, -0.2) is 15.0 Å². The Morgan fingerprint density at radius 3 is 2.82 bits per heavy atom. The van der Waals surface area contributed by atoms with Gasteiger partial charge in [0.25, 0.3) is 0 Å². The molecule has 0 radical (unpaired) electrons. The molecule has 10 heteroatoms. The molecule has 170 valence electrons. The van der Waals surface area contributed by atoms with Crippen LogP contribution in [0.15, 0.2) is 35.1 Å². The number of aromatic nitrogens is 5. The maximum atomic E-state index is 13.0. The van der Waals surface area contributed by atoms with E-state index in [1.165, 1.54) is 12.7 Å². The van der Waals surface area contributed by atoms with E-state index in [1.54, 1.807) is 18.3 Å². The van der Waals surface area contributed by atoms with E-state index in [2.05, 4.69) is 25.3 Å². The van der Waals surface area contributed by atoms with Crippen molar-refractivity contribution >= 4 is 34.3 Å². The fraction of sp³-hybridized carbons (Fsp3) is 0.348. The maximum absolute atomic E-state index is 13.0. The van der Waals surface area contributed by atoms with Gasteiger partial charge < -0.3 is 20.4 Å². The van der Waals surface area contributed by atoms with Crippen molar-refractivity contribution in [2.45, 2.75) is 32.6 Å². The first kappa shape index (κ1) is 20.9. The van der Waals surface area contributed by atoms with Gasteiger partial charge in [0.15, 0.2) is 11.5 Å². The summed E-state index contributed by atoms with van der Waals surface area (Å²) in [5.74, 6) is 1.35. The van der Waals surface area contributed by atoms with E-state index in [1.807, 2.05) is 24.7 Å². The van der Waals surface area contributed by atoms with Gasteiger partial charge in [-0.2, -0.15) is 5.10 Å². The van der Waals surface area contributed by atoms with Crippen LogP contribution < -0.4 is 16.0 Å². The first-order valence-electron chi connectivity index (χ1n) is 11.0. The number of hydrogen-bond acceptors (Lipinski definition) is 8. The van der Waals surface area contributed by atoms with Crippen molar-refractivity contribution in [1.29, 1.82) is 0 Å². The Morgan fingerprint density at radius 1 is 1.21 bits per heavy atom. The van der Waals surface area contributed by atoms with Crippen molar-refractivity contribution in [2.75, 3.05) is 29.0 Å². The average molecular weight is 447 g/mol. The Kier molecular flexibility index (Phi) is 5.41. The summed E-state index contributed by atoms with van der Waals surface area (Å²) in [7, 11) is 1.90. The fourth-order valence-electron chi connectivity index (χ4n) is 4.13. The second-order valence-electron chi connectivity index (χ2n) is 8.33. The minimum Gasteiger partial charge on any atom is -0.444 e. The molecule has 0 unspecified atom stereocenters. The van der Waals surface area contributed by atoms with E-state index >= 15 is 0 Å². The minimum absolute atomic E-state index is 0.0769. The maximum Gasteiger partial charge on any atom is 0.230 e. The summed E-state index contributed by atoms with van der Waals surface area (Å²) in [5, 5.41) is 8.50. The predicted octanol–water partition coefficient (Wildman–Crippen LogP) is 3.08. The summed E-state index contributed by atoms with van der Waals surface area (Å²) in [5.41, 5.74) is 9.35. The van der Waals surface area contributed by atoms with E-state index in [0.29, 0.717) is 34.3 Å². The Balaban J connectivity index is 1.40. The van der Waals surface area contributed by atoms with Crippen LogP contribution in [0.4, 0.5) is 17.3 Å². The number of rotatable bonds is 5. The van der Waals surface area contributed by atoms with E-state index in [9.17, 15) is 4.79 Å². The number of aryl methyl sites for hydroxylation is 2. The number of hydrogen-bond donors (Lipinski definition) is 2. The first-order valence-corrected chi connectivity index (χ1v) is 11.0. The molecule has 0 atom stereocenters. The number of carbonyl (C=O) groups excluding carboxylic acids is 1. The summed E-state index contributed by atoms with van der Waals surface area (Å²) in [6.45, 7) is 3.82. The number of carbonyl (C=O) groups is 1. The van der Waals surface area contributed by atoms with Crippen LogP contribution in [0.1, 0.15) is 30.7 Å². The number of nitrogens with one attached hydrogen (secondary N) is 1. The zero-order chi connectivity index (χ0) is 22.9. The fourth-order valence-corrected chi connectivity index (χ4v) is 4.13. The van der Waals surface area contributed by atoms with Crippen molar-refractivity contribution in [2.24, 2.45) is 7.05 Å². The Labute approximate surface area is 190 Å². The van der Waals surface area contributed by atoms with Crippen molar-refractivity contribution in [3.8, 4) is 11.5 Å². The standard InChI is InChI=1S/C23H26N8O2/c1-14-17-12-18(22(28-21(17)29-30(14)2)31-8-4-3-5-9-31)27-20(32)11-16-13-33-23(26-16)15-6-7-25-19(24)10-15/h6-7,10,12-13H,3-5,8-9,11H2,1-2H3,(H2,24,25)(H,27,32). The zero-order valence-electron chi connectivity index (χ0n) is 18.7. The Morgan fingerprint density at radius 2 is 2.03 bits per heavy atom. The van der Waals surface area contributed by atoms with E-state index in [0.717, 1.165) is 42.8 Å². The third-order valence-electron chi connectivity index (χ3n) is 5.95. The van der Waals surface area contributed by atoms with Crippen LogP contribution in [-0.2, 0) is 18.3 Å². The second kappa shape index (κ2) is 8.53. The number of amides is 1. The molecule has 5 heterocycles. The van der Waals surface area contributed by atoms with Crippen LogP contribution in [0, 0.1) is 6.92 Å². The molecule has 1 aliphatic heterocycles. The van der Waals surface area contributed by atoms with E-state index < -0.39 is 0 Å². The molecular formula is C23H26N8O2. The lowest BCUT2D eigenvalue weighted by Gasteiger charge is -2.29. The highest BCUT2D eigenvalue weighted by Gasteiger charge is 2.21. The molecule has 1 aliphatic rings. The molecule has 3 N–H and O–H groups in total. The third kappa shape index (κ3) is 4.23. The van der Waals surface area contributed by atoms with Gasteiger partial charge in [0, 0.05) is 43.0 Å². The highest BCUT2D eigenvalue weighted by atomic mass is 16.3. The quantitative estimate of drug-likeness (QED) is 0.479. The van der Waals surface area contributed by atoms with Crippen molar-refractivity contribution in [3.05, 3.63) is 42.0 Å². The number of anilines is 3. The number of pyridine rings is 2. The molecule has 4 aromatic heterocycles. The number of nitrogens with two attached hydrogens (primary N) is 1. The first-order chi connectivity index (χ1) is 16.0. The summed E-state index contributed by atoms with van der Waals surface area (Å²) < 4.78 is 7.36. The molecule has 0 aliphatic carbocycles. The molecule has 1 amide bonds. The van der Waals surface area contributed by atoms with Crippen molar-refractivity contribution < 1.29 is 9.21 Å². The lowest BCUT2D eigenvalue weighted by Crippen LogP contribution is -2.31. The van der Waals surface area contributed by atoms with Crippen molar-refractivity contribution in [1.82, 2.24) is 24.7 Å². The molecule has 0 aromatic carbocycles. The minimum atomic E-state index is -0.190. The monoisotopic (exact) mass is 446 g/mol. The van der Waals surface area contributed by atoms with Gasteiger partial charge in [-0.1, -0.05) is 0 Å². The summed E-state index contributed by atoms with van der Waals surface area (Å²) in [6.07, 6.45) is 6.58. The van der Waals surface area contributed by atoms with Crippen LogP contribution in [0.2, 0.25) is 0 Å². The molecule has 0 bridgehead atoms. The van der Waals surface area contributed by atoms with Crippen LogP contribution in [-0.4, -0.2) is 43.7 Å². The third-order valence-corrected chi connectivity index (χ3v) is 5.95. The lowest BCUT2D eigenvalue weighted by atomic mass is 10.1. The van der Waals surface area contributed by atoms with E-state index in [4.69, 9.17) is 15.1 Å². The van der Waals surface area contributed by atoms with Gasteiger partial charge >= 0.3 is 0 Å². The molecule has 5 rings (SSSR count). The molecule has 0 spiro atoms. The van der Waals surface area contributed by atoms with Crippen molar-refractivity contribution in [3.63, 3.8) is 0 Å². The number of nitrogen functional groups attached to an aromatic ring is 1. The number of fused-ring (bicyclic) bond motifs is 1. The van der Waals surface area contributed by atoms with Crippen LogP contribution in [0.5, 0.6) is 0 Å². The smallest absolute Gasteiger partial charge is 0.230 e. The Bertz CT molecular complexity index is 1320. The SMILES string of the molecule is Cc1c2cc(NC(=O)Cc3coc(-c4ccnc(N)c4)n3)c(N3CCCCC3)nc2nn1C. The topological polar surface area (TPSA) is 128 Å². The molecule has 0 saturated carbocycles. The highest BCUT2D eigenvalue weighted by Crippen LogP contribution is 2.31. The molecule has 10 nitrogen and oxygen atoms in total. The molecule has 33 heavy (non-hydrogen) atoms. The van der Waals surface area contributed by atoms with Gasteiger partial charge in [-0.3, -0.25) is 9.48 Å². The predicted molar refractivity (Wildman–Crippen MR) is 126 cm³/mol.